The molecule has 1 atom stereocenters. The lowest BCUT2D eigenvalue weighted by Gasteiger charge is -2.18. The van der Waals surface area contributed by atoms with Gasteiger partial charge in [0, 0.05) is 19.1 Å². The second-order valence-corrected chi connectivity index (χ2v) is 5.73. The summed E-state index contributed by atoms with van der Waals surface area (Å²) in [5, 5.41) is 11.9. The summed E-state index contributed by atoms with van der Waals surface area (Å²) in [4.78, 5) is 23.4. The van der Waals surface area contributed by atoms with Gasteiger partial charge in [0.1, 0.15) is 12.4 Å². The molecule has 0 aliphatic rings. The van der Waals surface area contributed by atoms with Gasteiger partial charge in [0.2, 0.25) is 0 Å². The van der Waals surface area contributed by atoms with Crippen LogP contribution in [0, 0.1) is 0 Å². The van der Waals surface area contributed by atoms with E-state index in [0.29, 0.717) is 30.9 Å². The molecule has 1 unspecified atom stereocenters. The number of hydrogen-bond donors (Lipinski definition) is 2. The average molecular weight is 357 g/mol. The molecule has 0 heterocycles. The maximum atomic E-state index is 12.5. The van der Waals surface area contributed by atoms with Crippen molar-refractivity contribution in [2.75, 3.05) is 20.3 Å². The Hall–Kier alpha value is -2.86. The molecule has 0 aliphatic carbocycles. The summed E-state index contributed by atoms with van der Waals surface area (Å²) in [6.45, 7) is 0.928. The summed E-state index contributed by atoms with van der Waals surface area (Å²) >= 11 is 0. The monoisotopic (exact) mass is 357 g/mol. The number of nitrogens with one attached hydrogen (secondary N) is 1. The Bertz CT molecular complexity index is 700. The summed E-state index contributed by atoms with van der Waals surface area (Å²) in [6, 6.07) is 15.8. The molecular formula is C20H23NO5. The molecule has 0 saturated heterocycles. The first-order valence-electron chi connectivity index (χ1n) is 8.39. The molecule has 2 aromatic carbocycles. The summed E-state index contributed by atoms with van der Waals surface area (Å²) in [7, 11) is 1.60. The zero-order chi connectivity index (χ0) is 18.8. The van der Waals surface area contributed by atoms with Gasteiger partial charge in [-0.25, -0.2) is 0 Å². The van der Waals surface area contributed by atoms with Crippen molar-refractivity contribution in [3.63, 3.8) is 0 Å². The standard InChI is InChI=1S/C20H23NO5/c1-25-13-14-26-17-9-7-16(8-10-17)20(24)21-18(11-12-19(22)23)15-5-3-2-4-6-15/h2-10,18H,11-14H2,1H3,(H,21,24)(H,22,23). The van der Waals surface area contributed by atoms with Crippen LogP contribution in [0.3, 0.4) is 0 Å². The van der Waals surface area contributed by atoms with E-state index in [1.165, 1.54) is 0 Å². The van der Waals surface area contributed by atoms with Crippen molar-refractivity contribution in [1.82, 2.24) is 5.32 Å². The lowest BCUT2D eigenvalue weighted by atomic mass is 10.0. The van der Waals surface area contributed by atoms with Gasteiger partial charge in [-0.2, -0.15) is 0 Å². The van der Waals surface area contributed by atoms with E-state index in [4.69, 9.17) is 14.6 Å². The van der Waals surface area contributed by atoms with E-state index in [9.17, 15) is 9.59 Å². The maximum Gasteiger partial charge on any atom is 0.303 e. The smallest absolute Gasteiger partial charge is 0.303 e. The maximum absolute atomic E-state index is 12.5. The number of aliphatic carboxylic acids is 1. The van der Waals surface area contributed by atoms with Crippen LogP contribution < -0.4 is 10.1 Å². The van der Waals surface area contributed by atoms with Crippen molar-refractivity contribution < 1.29 is 24.2 Å². The molecule has 2 rings (SSSR count). The molecule has 0 aliphatic heterocycles. The van der Waals surface area contributed by atoms with Crippen molar-refractivity contribution in [3.05, 3.63) is 65.7 Å². The highest BCUT2D eigenvalue weighted by Gasteiger charge is 2.17. The molecule has 0 bridgehead atoms. The molecule has 0 saturated carbocycles. The van der Waals surface area contributed by atoms with Gasteiger partial charge in [-0.15, -0.1) is 0 Å². The molecular weight excluding hydrogens is 334 g/mol. The number of amides is 1. The lowest BCUT2D eigenvalue weighted by molar-refractivity contribution is -0.137. The third-order valence-electron chi connectivity index (χ3n) is 3.83. The molecule has 0 spiro atoms. The van der Waals surface area contributed by atoms with Crippen LogP contribution in [0.2, 0.25) is 0 Å². The van der Waals surface area contributed by atoms with Gasteiger partial charge in [-0.3, -0.25) is 9.59 Å². The van der Waals surface area contributed by atoms with Crippen molar-refractivity contribution in [3.8, 4) is 5.75 Å². The minimum atomic E-state index is -0.891. The number of benzene rings is 2. The van der Waals surface area contributed by atoms with E-state index in [1.807, 2.05) is 30.3 Å². The number of carboxylic acids is 1. The lowest BCUT2D eigenvalue weighted by Crippen LogP contribution is -2.29. The van der Waals surface area contributed by atoms with Gasteiger partial charge in [-0.1, -0.05) is 30.3 Å². The average Bonchev–Trinajstić information content (AvgIpc) is 2.66. The molecule has 138 valence electrons. The number of ether oxygens (including phenoxy) is 2. The SMILES string of the molecule is COCCOc1ccc(C(=O)NC(CCC(=O)O)c2ccccc2)cc1. The van der Waals surface area contributed by atoms with E-state index >= 15 is 0 Å². The minimum Gasteiger partial charge on any atom is -0.491 e. The predicted molar refractivity (Wildman–Crippen MR) is 97.3 cm³/mol. The van der Waals surface area contributed by atoms with Gasteiger partial charge >= 0.3 is 5.97 Å². The van der Waals surface area contributed by atoms with Crippen molar-refractivity contribution in [1.29, 1.82) is 0 Å². The Kier molecular flexibility index (Phi) is 7.64. The van der Waals surface area contributed by atoms with Gasteiger partial charge in [0.15, 0.2) is 0 Å². The highest BCUT2D eigenvalue weighted by Crippen LogP contribution is 2.20. The largest absolute Gasteiger partial charge is 0.491 e. The third kappa shape index (κ3) is 6.22. The van der Waals surface area contributed by atoms with Crippen molar-refractivity contribution in [2.45, 2.75) is 18.9 Å². The Balaban J connectivity index is 2.02. The fourth-order valence-electron chi connectivity index (χ4n) is 2.46. The number of carbonyl (C=O) groups is 2. The Labute approximate surface area is 152 Å². The van der Waals surface area contributed by atoms with Gasteiger partial charge in [0.25, 0.3) is 5.91 Å². The highest BCUT2D eigenvalue weighted by molar-refractivity contribution is 5.94. The van der Waals surface area contributed by atoms with Gasteiger partial charge < -0.3 is 19.9 Å². The summed E-state index contributed by atoms with van der Waals surface area (Å²) in [5.41, 5.74) is 1.36. The second-order valence-electron chi connectivity index (χ2n) is 5.73. The van der Waals surface area contributed by atoms with Crippen LogP contribution in [-0.4, -0.2) is 37.3 Å². The van der Waals surface area contributed by atoms with E-state index < -0.39 is 5.97 Å². The first-order chi connectivity index (χ1) is 12.6. The van der Waals surface area contributed by atoms with E-state index in [1.54, 1.807) is 31.4 Å². The Morgan fingerprint density at radius 3 is 2.35 bits per heavy atom. The van der Waals surface area contributed by atoms with Gasteiger partial charge in [-0.05, 0) is 36.2 Å². The number of hydrogen-bond acceptors (Lipinski definition) is 4. The van der Waals surface area contributed by atoms with Crippen LogP contribution in [0.25, 0.3) is 0 Å². The molecule has 1 amide bonds. The summed E-state index contributed by atoms with van der Waals surface area (Å²) < 4.78 is 10.4. The minimum absolute atomic E-state index is 0.0217. The number of methoxy groups -OCH3 is 1. The van der Waals surface area contributed by atoms with E-state index in [0.717, 1.165) is 5.56 Å². The van der Waals surface area contributed by atoms with E-state index in [-0.39, 0.29) is 18.4 Å². The second kappa shape index (κ2) is 10.2. The first-order valence-corrected chi connectivity index (χ1v) is 8.39. The van der Waals surface area contributed by atoms with Crippen molar-refractivity contribution in [2.24, 2.45) is 0 Å². The highest BCUT2D eigenvalue weighted by atomic mass is 16.5. The molecule has 0 aromatic heterocycles. The molecule has 26 heavy (non-hydrogen) atoms. The van der Waals surface area contributed by atoms with Crippen LogP contribution in [0.15, 0.2) is 54.6 Å². The number of carbonyl (C=O) groups excluding carboxylic acids is 1. The zero-order valence-corrected chi connectivity index (χ0v) is 14.7. The van der Waals surface area contributed by atoms with Crippen molar-refractivity contribution >= 4 is 11.9 Å². The zero-order valence-electron chi connectivity index (χ0n) is 14.7. The summed E-state index contributed by atoms with van der Waals surface area (Å²) in [6.07, 6.45) is 0.301. The van der Waals surface area contributed by atoms with Crippen LogP contribution in [0.4, 0.5) is 0 Å². The number of rotatable bonds is 10. The summed E-state index contributed by atoms with van der Waals surface area (Å²) in [5.74, 6) is -0.491. The molecule has 6 heteroatoms. The van der Waals surface area contributed by atoms with Crippen LogP contribution in [-0.2, 0) is 9.53 Å². The molecule has 2 aromatic rings. The fourth-order valence-corrected chi connectivity index (χ4v) is 2.46. The van der Waals surface area contributed by atoms with Crippen LogP contribution in [0.1, 0.15) is 34.8 Å². The number of carboxylic acid groups (broad SMARTS) is 1. The quantitative estimate of drug-likeness (QED) is 0.639. The first kappa shape index (κ1) is 19.5. The molecule has 0 radical (unpaired) electrons. The Morgan fingerprint density at radius 1 is 1.04 bits per heavy atom. The predicted octanol–water partition coefficient (Wildman–Crippen LogP) is 3.05. The van der Waals surface area contributed by atoms with Crippen LogP contribution >= 0.6 is 0 Å². The topological polar surface area (TPSA) is 84.9 Å². The molecule has 2 N–H and O–H groups in total. The fraction of sp³-hybridized carbons (Fsp3) is 0.300. The molecule has 6 nitrogen and oxygen atoms in total. The van der Waals surface area contributed by atoms with E-state index in [2.05, 4.69) is 5.32 Å². The third-order valence-corrected chi connectivity index (χ3v) is 3.83. The normalized spacial score (nSPS) is 11.6. The van der Waals surface area contributed by atoms with Crippen LogP contribution in [0.5, 0.6) is 5.75 Å². The molecule has 0 fully saturated rings. The van der Waals surface area contributed by atoms with Gasteiger partial charge in [0.05, 0.1) is 12.6 Å². The Morgan fingerprint density at radius 2 is 1.73 bits per heavy atom.